The highest BCUT2D eigenvalue weighted by molar-refractivity contribution is 6.30. The van der Waals surface area contributed by atoms with Gasteiger partial charge in [0.15, 0.2) is 6.61 Å². The largest absolute Gasteiger partial charge is 0.484 e. The summed E-state index contributed by atoms with van der Waals surface area (Å²) in [6, 6.07) is 15.4. The van der Waals surface area contributed by atoms with Crippen molar-refractivity contribution in [3.05, 3.63) is 64.7 Å². The molecule has 0 aromatic heterocycles. The monoisotopic (exact) mass is 301 g/mol. The zero-order valence-corrected chi connectivity index (χ0v) is 12.3. The highest BCUT2D eigenvalue weighted by Crippen LogP contribution is 2.30. The maximum absolute atomic E-state index is 12.0. The highest BCUT2D eigenvalue weighted by atomic mass is 35.5. The SMILES string of the molecule is O=C(COc1cccc(Cl)c1)NC1CCc2ccccc21. The van der Waals surface area contributed by atoms with Crippen LogP contribution >= 0.6 is 11.6 Å². The van der Waals surface area contributed by atoms with Gasteiger partial charge in [-0.25, -0.2) is 0 Å². The third-order valence-electron chi connectivity index (χ3n) is 3.63. The average Bonchev–Trinajstić information content (AvgIpc) is 2.89. The first-order valence-electron chi connectivity index (χ1n) is 6.98. The standard InChI is InChI=1S/C17H16ClNO2/c18-13-5-3-6-14(10-13)21-11-17(20)19-16-9-8-12-4-1-2-7-15(12)16/h1-7,10,16H,8-9,11H2,(H,19,20). The van der Waals surface area contributed by atoms with Gasteiger partial charge >= 0.3 is 0 Å². The number of carbonyl (C=O) groups excluding carboxylic acids is 1. The van der Waals surface area contributed by atoms with Crippen LogP contribution in [-0.4, -0.2) is 12.5 Å². The lowest BCUT2D eigenvalue weighted by Gasteiger charge is -2.14. The normalized spacial score (nSPS) is 16.3. The molecule has 0 heterocycles. The van der Waals surface area contributed by atoms with Gasteiger partial charge in [-0.05, 0) is 42.2 Å². The van der Waals surface area contributed by atoms with Gasteiger partial charge in [-0.2, -0.15) is 0 Å². The second-order valence-electron chi connectivity index (χ2n) is 5.10. The minimum atomic E-state index is -0.114. The number of rotatable bonds is 4. The van der Waals surface area contributed by atoms with E-state index in [4.69, 9.17) is 16.3 Å². The Morgan fingerprint density at radius 3 is 2.95 bits per heavy atom. The number of nitrogens with one attached hydrogen (secondary N) is 1. The third-order valence-corrected chi connectivity index (χ3v) is 3.87. The van der Waals surface area contributed by atoms with Gasteiger partial charge in [-0.15, -0.1) is 0 Å². The Balaban J connectivity index is 1.56. The van der Waals surface area contributed by atoms with Crippen LogP contribution in [0.2, 0.25) is 5.02 Å². The lowest BCUT2D eigenvalue weighted by Crippen LogP contribution is -2.31. The highest BCUT2D eigenvalue weighted by Gasteiger charge is 2.23. The van der Waals surface area contributed by atoms with Crippen LogP contribution in [0.1, 0.15) is 23.6 Å². The summed E-state index contributed by atoms with van der Waals surface area (Å²) in [7, 11) is 0. The molecule has 2 aromatic carbocycles. The molecule has 0 radical (unpaired) electrons. The second kappa shape index (κ2) is 6.19. The van der Waals surface area contributed by atoms with Gasteiger partial charge in [0, 0.05) is 5.02 Å². The zero-order chi connectivity index (χ0) is 14.7. The number of hydrogen-bond donors (Lipinski definition) is 1. The molecule has 0 fully saturated rings. The van der Waals surface area contributed by atoms with Crippen molar-refractivity contribution < 1.29 is 9.53 Å². The van der Waals surface area contributed by atoms with E-state index in [1.807, 2.05) is 12.1 Å². The van der Waals surface area contributed by atoms with Crippen molar-refractivity contribution in [3.63, 3.8) is 0 Å². The van der Waals surface area contributed by atoms with Crippen LogP contribution < -0.4 is 10.1 Å². The Morgan fingerprint density at radius 1 is 1.24 bits per heavy atom. The van der Waals surface area contributed by atoms with Crippen molar-refractivity contribution >= 4 is 17.5 Å². The van der Waals surface area contributed by atoms with Crippen molar-refractivity contribution in [3.8, 4) is 5.75 Å². The molecular formula is C17H16ClNO2. The zero-order valence-electron chi connectivity index (χ0n) is 11.5. The van der Waals surface area contributed by atoms with Crippen molar-refractivity contribution in [2.45, 2.75) is 18.9 Å². The minimum absolute atomic E-state index is 0.000983. The van der Waals surface area contributed by atoms with Gasteiger partial charge in [0.25, 0.3) is 5.91 Å². The lowest BCUT2D eigenvalue weighted by atomic mass is 10.1. The van der Waals surface area contributed by atoms with Gasteiger partial charge in [-0.1, -0.05) is 41.9 Å². The summed E-state index contributed by atoms with van der Waals surface area (Å²) in [5.41, 5.74) is 2.53. The Bertz CT molecular complexity index is 657. The van der Waals surface area contributed by atoms with Crippen LogP contribution in [0.3, 0.4) is 0 Å². The molecule has 0 saturated carbocycles. The minimum Gasteiger partial charge on any atom is -0.484 e. The number of halogens is 1. The first kappa shape index (κ1) is 14.0. The molecule has 1 atom stereocenters. The second-order valence-corrected chi connectivity index (χ2v) is 5.54. The summed E-state index contributed by atoms with van der Waals surface area (Å²) in [6.07, 6.45) is 1.96. The fraction of sp³-hybridized carbons (Fsp3) is 0.235. The molecule has 1 unspecified atom stereocenters. The molecule has 1 N–H and O–H groups in total. The van der Waals surface area contributed by atoms with E-state index >= 15 is 0 Å². The molecule has 0 aliphatic heterocycles. The van der Waals surface area contributed by atoms with Crippen LogP contribution in [0.25, 0.3) is 0 Å². The van der Waals surface area contributed by atoms with E-state index < -0.39 is 0 Å². The van der Waals surface area contributed by atoms with E-state index in [0.29, 0.717) is 10.8 Å². The summed E-state index contributed by atoms with van der Waals surface area (Å²) >= 11 is 5.87. The van der Waals surface area contributed by atoms with Crippen LogP contribution in [0.4, 0.5) is 0 Å². The number of aryl methyl sites for hydroxylation is 1. The number of amides is 1. The molecule has 1 aliphatic rings. The summed E-state index contributed by atoms with van der Waals surface area (Å²) in [5, 5.41) is 3.62. The molecule has 4 heteroatoms. The number of benzene rings is 2. The van der Waals surface area contributed by atoms with E-state index in [9.17, 15) is 4.79 Å². The van der Waals surface area contributed by atoms with Crippen molar-refractivity contribution in [1.29, 1.82) is 0 Å². The molecule has 0 spiro atoms. The molecule has 21 heavy (non-hydrogen) atoms. The van der Waals surface area contributed by atoms with Crippen LogP contribution in [-0.2, 0) is 11.2 Å². The summed E-state index contributed by atoms with van der Waals surface area (Å²) < 4.78 is 5.45. The predicted octanol–water partition coefficient (Wildman–Crippen LogP) is 3.52. The molecule has 0 saturated heterocycles. The fourth-order valence-corrected chi connectivity index (χ4v) is 2.83. The van der Waals surface area contributed by atoms with Gasteiger partial charge in [-0.3, -0.25) is 4.79 Å². The van der Waals surface area contributed by atoms with Crippen LogP contribution in [0.5, 0.6) is 5.75 Å². The molecule has 3 rings (SSSR count). The number of ether oxygens (including phenoxy) is 1. The smallest absolute Gasteiger partial charge is 0.258 e. The van der Waals surface area contributed by atoms with Gasteiger partial charge in [0.1, 0.15) is 5.75 Å². The van der Waals surface area contributed by atoms with E-state index in [0.717, 1.165) is 12.8 Å². The van der Waals surface area contributed by atoms with E-state index in [1.54, 1.807) is 24.3 Å². The summed E-state index contributed by atoms with van der Waals surface area (Å²) in [5.74, 6) is 0.487. The quantitative estimate of drug-likeness (QED) is 0.938. The van der Waals surface area contributed by atoms with E-state index in [1.165, 1.54) is 11.1 Å². The molecule has 3 nitrogen and oxygen atoms in total. The molecular weight excluding hydrogens is 286 g/mol. The van der Waals surface area contributed by atoms with Crippen molar-refractivity contribution in [2.75, 3.05) is 6.61 Å². The Hall–Kier alpha value is -2.00. The Labute approximate surface area is 128 Å². The number of fused-ring (bicyclic) bond motifs is 1. The maximum atomic E-state index is 12.0. The van der Waals surface area contributed by atoms with Gasteiger partial charge in [0.2, 0.25) is 0 Å². The molecule has 108 valence electrons. The first-order valence-corrected chi connectivity index (χ1v) is 7.36. The predicted molar refractivity (Wildman–Crippen MR) is 82.6 cm³/mol. The van der Waals surface area contributed by atoms with E-state index in [2.05, 4.69) is 17.4 Å². The summed E-state index contributed by atoms with van der Waals surface area (Å²) in [6.45, 7) is -0.000983. The van der Waals surface area contributed by atoms with Crippen molar-refractivity contribution in [2.24, 2.45) is 0 Å². The van der Waals surface area contributed by atoms with Crippen LogP contribution in [0.15, 0.2) is 48.5 Å². The molecule has 0 bridgehead atoms. The number of hydrogen-bond acceptors (Lipinski definition) is 2. The Kier molecular flexibility index (Phi) is 4.11. The van der Waals surface area contributed by atoms with E-state index in [-0.39, 0.29) is 18.6 Å². The lowest BCUT2D eigenvalue weighted by molar-refractivity contribution is -0.123. The average molecular weight is 302 g/mol. The molecule has 1 aliphatic carbocycles. The number of carbonyl (C=O) groups is 1. The molecule has 1 amide bonds. The summed E-state index contributed by atoms with van der Waals surface area (Å²) in [4.78, 5) is 12.0. The first-order chi connectivity index (χ1) is 10.2. The van der Waals surface area contributed by atoms with Crippen molar-refractivity contribution in [1.82, 2.24) is 5.32 Å². The van der Waals surface area contributed by atoms with Crippen LogP contribution in [0, 0.1) is 0 Å². The maximum Gasteiger partial charge on any atom is 0.258 e. The van der Waals surface area contributed by atoms with Gasteiger partial charge in [0.05, 0.1) is 6.04 Å². The third kappa shape index (κ3) is 3.37. The Morgan fingerprint density at radius 2 is 2.10 bits per heavy atom. The topological polar surface area (TPSA) is 38.3 Å². The molecule has 2 aromatic rings. The fourth-order valence-electron chi connectivity index (χ4n) is 2.65. The van der Waals surface area contributed by atoms with Gasteiger partial charge < -0.3 is 10.1 Å².